The Morgan fingerprint density at radius 2 is 2.36 bits per heavy atom. The molecule has 0 bridgehead atoms. The molecule has 0 spiro atoms. The highest BCUT2D eigenvalue weighted by molar-refractivity contribution is 5.70. The highest BCUT2D eigenvalue weighted by Crippen LogP contribution is 2.14. The summed E-state index contributed by atoms with van der Waals surface area (Å²) in [6, 6.07) is 0.116. The highest BCUT2D eigenvalue weighted by Gasteiger charge is 2.33. The molecule has 1 fully saturated rings. The van der Waals surface area contributed by atoms with Crippen LogP contribution < -0.4 is 0 Å². The normalized spacial score (nSPS) is 21.3. The average molecular weight is 201 g/mol. The minimum absolute atomic E-state index is 0.116. The zero-order valence-corrected chi connectivity index (χ0v) is 8.65. The SMILES string of the molecule is CC(=O)OCC1CN(C(C)C)C(=O)O1. The molecular formula is C9H15NO4. The minimum atomic E-state index is -0.357. The lowest BCUT2D eigenvalue weighted by Crippen LogP contribution is -2.32. The maximum Gasteiger partial charge on any atom is 0.410 e. The second-order valence-electron chi connectivity index (χ2n) is 3.55. The Labute approximate surface area is 83.0 Å². The number of hydrogen-bond donors (Lipinski definition) is 0. The van der Waals surface area contributed by atoms with Gasteiger partial charge in [0.15, 0.2) is 6.10 Å². The molecule has 1 aliphatic heterocycles. The molecule has 1 amide bonds. The van der Waals surface area contributed by atoms with Crippen molar-refractivity contribution in [3.63, 3.8) is 0 Å². The largest absolute Gasteiger partial charge is 0.462 e. The number of nitrogens with zero attached hydrogens (tertiary/aromatic N) is 1. The fraction of sp³-hybridized carbons (Fsp3) is 0.778. The van der Waals surface area contributed by atoms with E-state index in [4.69, 9.17) is 9.47 Å². The number of ether oxygens (including phenoxy) is 2. The standard InChI is InChI=1S/C9H15NO4/c1-6(2)10-4-8(14-9(10)12)5-13-7(3)11/h6,8H,4-5H2,1-3H3. The van der Waals surface area contributed by atoms with Gasteiger partial charge in [0.05, 0.1) is 6.54 Å². The monoisotopic (exact) mass is 201 g/mol. The van der Waals surface area contributed by atoms with Crippen LogP contribution in [-0.4, -0.2) is 42.3 Å². The molecule has 0 radical (unpaired) electrons. The maximum atomic E-state index is 11.2. The summed E-state index contributed by atoms with van der Waals surface area (Å²) in [5.74, 6) is -0.357. The van der Waals surface area contributed by atoms with Crippen molar-refractivity contribution in [2.45, 2.75) is 32.9 Å². The quantitative estimate of drug-likeness (QED) is 0.633. The Kier molecular flexibility index (Phi) is 3.33. The van der Waals surface area contributed by atoms with E-state index in [1.54, 1.807) is 4.90 Å². The van der Waals surface area contributed by atoms with E-state index in [2.05, 4.69) is 0 Å². The van der Waals surface area contributed by atoms with E-state index in [0.29, 0.717) is 6.54 Å². The molecule has 1 heterocycles. The molecule has 80 valence electrons. The predicted molar refractivity (Wildman–Crippen MR) is 48.7 cm³/mol. The van der Waals surface area contributed by atoms with Crippen LogP contribution in [0.2, 0.25) is 0 Å². The first-order chi connectivity index (χ1) is 6.50. The van der Waals surface area contributed by atoms with Crippen LogP contribution >= 0.6 is 0 Å². The second-order valence-corrected chi connectivity index (χ2v) is 3.55. The number of rotatable bonds is 3. The van der Waals surface area contributed by atoms with E-state index in [9.17, 15) is 9.59 Å². The summed E-state index contributed by atoms with van der Waals surface area (Å²) in [4.78, 5) is 23.4. The van der Waals surface area contributed by atoms with E-state index in [1.165, 1.54) is 6.92 Å². The molecule has 0 aromatic heterocycles. The molecule has 0 aromatic carbocycles. The lowest BCUT2D eigenvalue weighted by molar-refractivity contribution is -0.143. The maximum absolute atomic E-state index is 11.2. The fourth-order valence-electron chi connectivity index (χ4n) is 1.26. The molecule has 0 aromatic rings. The average Bonchev–Trinajstić information content (AvgIpc) is 2.43. The van der Waals surface area contributed by atoms with Crippen molar-refractivity contribution in [3.8, 4) is 0 Å². The van der Waals surface area contributed by atoms with Gasteiger partial charge in [-0.3, -0.25) is 4.79 Å². The van der Waals surface area contributed by atoms with Gasteiger partial charge in [-0.2, -0.15) is 0 Å². The Balaban J connectivity index is 2.39. The van der Waals surface area contributed by atoms with Crippen molar-refractivity contribution >= 4 is 12.1 Å². The van der Waals surface area contributed by atoms with Crippen LogP contribution in [0.25, 0.3) is 0 Å². The van der Waals surface area contributed by atoms with Crippen LogP contribution in [-0.2, 0) is 14.3 Å². The third-order valence-electron chi connectivity index (χ3n) is 2.00. The van der Waals surface area contributed by atoms with Gasteiger partial charge in [-0.1, -0.05) is 0 Å². The molecule has 0 saturated carbocycles. The molecule has 0 aliphatic carbocycles. The van der Waals surface area contributed by atoms with E-state index in [1.807, 2.05) is 13.8 Å². The summed E-state index contributed by atoms with van der Waals surface area (Å²) in [5.41, 5.74) is 0. The van der Waals surface area contributed by atoms with Gasteiger partial charge in [-0.15, -0.1) is 0 Å². The van der Waals surface area contributed by atoms with Crippen molar-refractivity contribution in [2.24, 2.45) is 0 Å². The van der Waals surface area contributed by atoms with Crippen LogP contribution in [0.1, 0.15) is 20.8 Å². The summed E-state index contributed by atoms with van der Waals surface area (Å²) < 4.78 is 9.75. The summed E-state index contributed by atoms with van der Waals surface area (Å²) in [6.45, 7) is 5.79. The number of carbonyl (C=O) groups is 2. The Morgan fingerprint density at radius 3 is 2.79 bits per heavy atom. The predicted octanol–water partition coefficient (Wildman–Crippen LogP) is 0.779. The molecule has 14 heavy (non-hydrogen) atoms. The van der Waals surface area contributed by atoms with E-state index in [-0.39, 0.29) is 30.8 Å². The number of amides is 1. The van der Waals surface area contributed by atoms with Gasteiger partial charge >= 0.3 is 12.1 Å². The van der Waals surface area contributed by atoms with Crippen molar-refractivity contribution < 1.29 is 19.1 Å². The van der Waals surface area contributed by atoms with Gasteiger partial charge in [0.2, 0.25) is 0 Å². The molecule has 1 unspecified atom stereocenters. The van der Waals surface area contributed by atoms with Crippen LogP contribution in [0, 0.1) is 0 Å². The first-order valence-corrected chi connectivity index (χ1v) is 4.61. The van der Waals surface area contributed by atoms with Crippen molar-refractivity contribution in [1.29, 1.82) is 0 Å². The number of cyclic esters (lactones) is 1. The van der Waals surface area contributed by atoms with Gasteiger partial charge in [-0.25, -0.2) is 4.79 Å². The second kappa shape index (κ2) is 4.30. The lowest BCUT2D eigenvalue weighted by Gasteiger charge is -2.16. The summed E-state index contributed by atoms with van der Waals surface area (Å²) in [7, 11) is 0. The van der Waals surface area contributed by atoms with Gasteiger partial charge in [0.1, 0.15) is 6.61 Å². The van der Waals surface area contributed by atoms with E-state index >= 15 is 0 Å². The molecule has 0 N–H and O–H groups in total. The van der Waals surface area contributed by atoms with Crippen molar-refractivity contribution in [2.75, 3.05) is 13.2 Å². The van der Waals surface area contributed by atoms with Gasteiger partial charge in [0, 0.05) is 13.0 Å². The van der Waals surface area contributed by atoms with Crippen molar-refractivity contribution in [1.82, 2.24) is 4.90 Å². The number of carbonyl (C=O) groups excluding carboxylic acids is 2. The zero-order valence-electron chi connectivity index (χ0n) is 8.65. The summed E-state index contributed by atoms with van der Waals surface area (Å²) >= 11 is 0. The minimum Gasteiger partial charge on any atom is -0.462 e. The zero-order chi connectivity index (χ0) is 10.7. The van der Waals surface area contributed by atoms with Gasteiger partial charge < -0.3 is 14.4 Å². The summed E-state index contributed by atoms with van der Waals surface area (Å²) in [5, 5.41) is 0. The smallest absolute Gasteiger partial charge is 0.410 e. The van der Waals surface area contributed by atoms with Crippen LogP contribution in [0.5, 0.6) is 0 Å². The molecule has 1 atom stereocenters. The lowest BCUT2D eigenvalue weighted by atomic mass is 10.3. The Morgan fingerprint density at radius 1 is 1.71 bits per heavy atom. The Bertz CT molecular complexity index is 239. The molecular weight excluding hydrogens is 186 g/mol. The summed E-state index contributed by atoms with van der Waals surface area (Å²) in [6.07, 6.45) is -0.661. The molecule has 5 heteroatoms. The van der Waals surface area contributed by atoms with Crippen LogP contribution in [0.3, 0.4) is 0 Å². The molecule has 5 nitrogen and oxygen atoms in total. The number of hydrogen-bond acceptors (Lipinski definition) is 4. The molecule has 1 saturated heterocycles. The van der Waals surface area contributed by atoms with Crippen LogP contribution in [0.15, 0.2) is 0 Å². The van der Waals surface area contributed by atoms with E-state index < -0.39 is 0 Å². The first kappa shape index (κ1) is 10.8. The van der Waals surface area contributed by atoms with Crippen LogP contribution in [0.4, 0.5) is 4.79 Å². The van der Waals surface area contributed by atoms with Gasteiger partial charge in [0.25, 0.3) is 0 Å². The number of esters is 1. The van der Waals surface area contributed by atoms with E-state index in [0.717, 1.165) is 0 Å². The topological polar surface area (TPSA) is 55.8 Å². The Hall–Kier alpha value is -1.26. The highest BCUT2D eigenvalue weighted by atomic mass is 16.6. The van der Waals surface area contributed by atoms with Crippen molar-refractivity contribution in [3.05, 3.63) is 0 Å². The first-order valence-electron chi connectivity index (χ1n) is 4.61. The third kappa shape index (κ3) is 2.61. The van der Waals surface area contributed by atoms with Gasteiger partial charge in [-0.05, 0) is 13.8 Å². The molecule has 1 rings (SSSR count). The fourth-order valence-corrected chi connectivity index (χ4v) is 1.26. The molecule has 1 aliphatic rings. The third-order valence-corrected chi connectivity index (χ3v) is 2.00.